The Morgan fingerprint density at radius 3 is 2.91 bits per heavy atom. The maximum Gasteiger partial charge on any atom is 0.193 e. The molecule has 5 nitrogen and oxygen atoms in total. The summed E-state index contributed by atoms with van der Waals surface area (Å²) in [5.74, 6) is 0.973. The van der Waals surface area contributed by atoms with E-state index in [0.29, 0.717) is 17.6 Å². The van der Waals surface area contributed by atoms with Crippen molar-refractivity contribution in [3.63, 3.8) is 0 Å². The molecule has 1 aromatic rings. The highest BCUT2D eigenvalue weighted by Gasteiger charge is 2.59. The normalized spacial score (nSPS) is 26.4. The van der Waals surface area contributed by atoms with E-state index in [1.807, 2.05) is 19.3 Å². The molecule has 0 bridgehead atoms. The van der Waals surface area contributed by atoms with Gasteiger partial charge in [0.05, 0.1) is 12.6 Å². The molecule has 1 spiro atoms. The Balaban J connectivity index is 1.59. The van der Waals surface area contributed by atoms with Gasteiger partial charge in [-0.3, -0.25) is 4.99 Å². The lowest BCUT2D eigenvalue weighted by Gasteiger charge is -2.61. The quantitative estimate of drug-likeness (QED) is 0.648. The molecule has 2 N–H and O–H groups in total. The Morgan fingerprint density at radius 2 is 2.36 bits per heavy atom. The molecular weight excluding hydrogens is 276 g/mol. The Labute approximate surface area is 133 Å². The first kappa shape index (κ1) is 15.4. The summed E-state index contributed by atoms with van der Waals surface area (Å²) in [6.07, 6.45) is 7.40. The van der Waals surface area contributed by atoms with Crippen molar-refractivity contribution in [3.8, 4) is 0 Å². The Hall–Kier alpha value is -1.49. The monoisotopic (exact) mass is 304 g/mol. The molecule has 22 heavy (non-hydrogen) atoms. The number of aromatic nitrogens is 1. The number of guanidine groups is 1. The molecule has 2 unspecified atom stereocenters. The van der Waals surface area contributed by atoms with Gasteiger partial charge in [0.25, 0.3) is 0 Å². The van der Waals surface area contributed by atoms with Crippen molar-refractivity contribution < 1.29 is 4.74 Å². The fourth-order valence-electron chi connectivity index (χ4n) is 3.94. The zero-order chi connectivity index (χ0) is 15.6. The predicted molar refractivity (Wildman–Crippen MR) is 88.9 cm³/mol. The molecule has 0 aromatic carbocycles. The molecule has 3 rings (SSSR count). The van der Waals surface area contributed by atoms with E-state index in [-0.39, 0.29) is 0 Å². The molecule has 0 radical (unpaired) electrons. The van der Waals surface area contributed by atoms with Crippen LogP contribution in [0, 0.1) is 5.41 Å². The van der Waals surface area contributed by atoms with Crippen molar-refractivity contribution in [1.29, 1.82) is 0 Å². The summed E-state index contributed by atoms with van der Waals surface area (Å²) in [7, 11) is 3.95. The van der Waals surface area contributed by atoms with Crippen molar-refractivity contribution in [1.82, 2.24) is 15.2 Å². The van der Waals surface area contributed by atoms with Gasteiger partial charge in [0, 0.05) is 44.0 Å². The molecule has 2 fully saturated rings. The highest BCUT2D eigenvalue weighted by atomic mass is 16.5. The fraction of sp³-hybridized carbons (Fsp3) is 0.706. The van der Waals surface area contributed by atoms with Gasteiger partial charge in [0.1, 0.15) is 0 Å². The summed E-state index contributed by atoms with van der Waals surface area (Å²) in [6.45, 7) is 3.75. The van der Waals surface area contributed by atoms with Crippen LogP contribution in [0.4, 0.5) is 0 Å². The fourth-order valence-corrected chi connectivity index (χ4v) is 3.94. The van der Waals surface area contributed by atoms with Crippen LogP contribution in [0.2, 0.25) is 0 Å². The molecule has 0 saturated heterocycles. The van der Waals surface area contributed by atoms with E-state index in [1.165, 1.54) is 25.0 Å². The molecule has 2 saturated carbocycles. The van der Waals surface area contributed by atoms with Crippen molar-refractivity contribution in [3.05, 3.63) is 24.0 Å². The number of hydrogen-bond donors (Lipinski definition) is 2. The Morgan fingerprint density at radius 1 is 1.55 bits per heavy atom. The molecule has 2 aliphatic carbocycles. The second-order valence-corrected chi connectivity index (χ2v) is 6.56. The van der Waals surface area contributed by atoms with Gasteiger partial charge in [-0.25, -0.2) is 0 Å². The molecule has 1 aromatic heterocycles. The zero-order valence-corrected chi connectivity index (χ0v) is 13.9. The standard InChI is InChI=1S/C17H28N4O/c1-4-22-15-11-14(17(15)8-6-9-17)20-16(18-2)21(3)12-13-7-5-10-19-13/h5,7,10,14-15,19H,4,6,8-9,11-12H2,1-3H3,(H,18,20). The number of hydrogen-bond acceptors (Lipinski definition) is 2. The molecule has 2 aliphatic rings. The second-order valence-electron chi connectivity index (χ2n) is 6.56. The van der Waals surface area contributed by atoms with Crippen LogP contribution in [0.25, 0.3) is 0 Å². The van der Waals surface area contributed by atoms with Gasteiger partial charge in [-0.2, -0.15) is 0 Å². The smallest absolute Gasteiger partial charge is 0.193 e. The first-order chi connectivity index (χ1) is 10.7. The zero-order valence-electron chi connectivity index (χ0n) is 13.9. The van der Waals surface area contributed by atoms with Crippen LogP contribution in [0.1, 0.15) is 38.3 Å². The van der Waals surface area contributed by atoms with Gasteiger partial charge in [0.2, 0.25) is 0 Å². The minimum atomic E-state index is 0.360. The van der Waals surface area contributed by atoms with Crippen LogP contribution in [-0.2, 0) is 11.3 Å². The lowest BCUT2D eigenvalue weighted by molar-refractivity contribution is -0.168. The van der Waals surface area contributed by atoms with Crippen molar-refractivity contribution >= 4 is 5.96 Å². The highest BCUT2D eigenvalue weighted by molar-refractivity contribution is 5.80. The number of aliphatic imine (C=N–C) groups is 1. The van der Waals surface area contributed by atoms with Crippen LogP contribution in [0.15, 0.2) is 23.3 Å². The summed E-state index contributed by atoms with van der Waals surface area (Å²) in [4.78, 5) is 9.88. The molecule has 0 aliphatic heterocycles. The lowest BCUT2D eigenvalue weighted by atomic mass is 9.51. The SMILES string of the molecule is CCOC1CC(NC(=NC)N(C)Cc2ccc[nH]2)C12CCC2. The number of ether oxygens (including phenoxy) is 1. The summed E-state index contributed by atoms with van der Waals surface area (Å²) in [5, 5.41) is 3.68. The third-order valence-electron chi connectivity index (χ3n) is 5.38. The summed E-state index contributed by atoms with van der Waals surface area (Å²) < 4.78 is 5.93. The van der Waals surface area contributed by atoms with E-state index < -0.39 is 0 Å². The lowest BCUT2D eigenvalue weighted by Crippen LogP contribution is -2.68. The van der Waals surface area contributed by atoms with Crippen LogP contribution in [-0.4, -0.2) is 48.7 Å². The number of aromatic amines is 1. The first-order valence-corrected chi connectivity index (χ1v) is 8.38. The van der Waals surface area contributed by atoms with Crippen molar-refractivity contribution in [2.45, 2.75) is 51.3 Å². The van der Waals surface area contributed by atoms with Gasteiger partial charge in [0.15, 0.2) is 5.96 Å². The summed E-state index contributed by atoms with van der Waals surface area (Å²) >= 11 is 0. The minimum Gasteiger partial charge on any atom is -0.378 e. The van der Waals surface area contributed by atoms with Crippen LogP contribution < -0.4 is 5.32 Å². The number of nitrogens with zero attached hydrogens (tertiary/aromatic N) is 2. The van der Waals surface area contributed by atoms with E-state index in [0.717, 1.165) is 25.5 Å². The molecule has 122 valence electrons. The van der Waals surface area contributed by atoms with E-state index >= 15 is 0 Å². The van der Waals surface area contributed by atoms with Crippen LogP contribution >= 0.6 is 0 Å². The van der Waals surface area contributed by atoms with Gasteiger partial charge >= 0.3 is 0 Å². The maximum atomic E-state index is 5.93. The average molecular weight is 304 g/mol. The van der Waals surface area contributed by atoms with Crippen LogP contribution in [0.3, 0.4) is 0 Å². The molecule has 1 heterocycles. The largest absolute Gasteiger partial charge is 0.378 e. The maximum absolute atomic E-state index is 5.93. The van der Waals surface area contributed by atoms with Gasteiger partial charge in [-0.05, 0) is 38.3 Å². The summed E-state index contributed by atoms with van der Waals surface area (Å²) in [5.41, 5.74) is 1.56. The van der Waals surface area contributed by atoms with Crippen molar-refractivity contribution in [2.24, 2.45) is 10.4 Å². The third kappa shape index (κ3) is 2.62. The molecule has 0 amide bonds. The number of rotatable bonds is 5. The minimum absolute atomic E-state index is 0.360. The topological polar surface area (TPSA) is 52.6 Å². The van der Waals surface area contributed by atoms with Gasteiger partial charge in [-0.15, -0.1) is 0 Å². The van der Waals surface area contributed by atoms with Crippen molar-refractivity contribution in [2.75, 3.05) is 20.7 Å². The van der Waals surface area contributed by atoms with E-state index in [2.05, 4.69) is 40.2 Å². The number of H-pyrrole nitrogens is 1. The summed E-state index contributed by atoms with van der Waals surface area (Å²) in [6, 6.07) is 4.63. The Bertz CT molecular complexity index is 507. The van der Waals surface area contributed by atoms with Gasteiger partial charge in [-0.1, -0.05) is 6.42 Å². The van der Waals surface area contributed by atoms with Gasteiger partial charge < -0.3 is 19.9 Å². The highest BCUT2D eigenvalue weighted by Crippen LogP contribution is 2.57. The van der Waals surface area contributed by atoms with E-state index in [1.54, 1.807) is 0 Å². The molecular formula is C17H28N4O. The van der Waals surface area contributed by atoms with E-state index in [9.17, 15) is 0 Å². The molecule has 2 atom stereocenters. The average Bonchev–Trinajstić information content (AvgIpc) is 2.93. The molecule has 5 heteroatoms. The second kappa shape index (κ2) is 6.32. The number of nitrogens with one attached hydrogen (secondary N) is 2. The predicted octanol–water partition coefficient (Wildman–Crippen LogP) is 2.37. The Kier molecular flexibility index (Phi) is 4.43. The first-order valence-electron chi connectivity index (χ1n) is 8.38. The third-order valence-corrected chi connectivity index (χ3v) is 5.38. The van der Waals surface area contributed by atoms with E-state index in [4.69, 9.17) is 4.74 Å². The van der Waals surface area contributed by atoms with Crippen LogP contribution in [0.5, 0.6) is 0 Å².